The Hall–Kier alpha value is -2.34. The molecule has 1 atom stereocenters. The lowest BCUT2D eigenvalue weighted by molar-refractivity contribution is -0.149. The molecule has 5 nitrogen and oxygen atoms in total. The number of amides is 2. The molecule has 1 saturated carbocycles. The van der Waals surface area contributed by atoms with Crippen LogP contribution in [0.5, 0.6) is 5.75 Å². The summed E-state index contributed by atoms with van der Waals surface area (Å²) in [6, 6.07) is 8.16. The first-order chi connectivity index (χ1) is 16.1. The Balaban J connectivity index is 1.54. The van der Waals surface area contributed by atoms with Gasteiger partial charge >= 0.3 is 0 Å². The summed E-state index contributed by atoms with van der Waals surface area (Å²) in [7, 11) is 0. The molecule has 0 bridgehead atoms. The smallest absolute Gasteiger partial charge is 0.242 e. The summed E-state index contributed by atoms with van der Waals surface area (Å²) >= 11 is 1.75. The third kappa shape index (κ3) is 5.32. The van der Waals surface area contributed by atoms with Crippen LogP contribution in [0.2, 0.25) is 0 Å². The van der Waals surface area contributed by atoms with Crippen molar-refractivity contribution in [1.29, 1.82) is 0 Å². The van der Waals surface area contributed by atoms with Gasteiger partial charge in [-0.05, 0) is 82.5 Å². The van der Waals surface area contributed by atoms with Gasteiger partial charge in [-0.15, -0.1) is 11.3 Å². The lowest BCUT2D eigenvalue weighted by Crippen LogP contribution is -2.54. The number of hydrogen-bond acceptors (Lipinski definition) is 4. The molecule has 4 rings (SSSR count). The van der Waals surface area contributed by atoms with Crippen LogP contribution in [0.25, 0.3) is 0 Å². The summed E-state index contributed by atoms with van der Waals surface area (Å²) in [5, 5.41) is 2.11. The number of ether oxygens (including phenoxy) is 1. The average molecular weight is 483 g/mol. The van der Waals surface area contributed by atoms with E-state index in [9.17, 15) is 9.59 Å². The van der Waals surface area contributed by atoms with Gasteiger partial charge in [0.05, 0.1) is 6.04 Å². The highest BCUT2D eigenvalue weighted by molar-refractivity contribution is 7.10. The van der Waals surface area contributed by atoms with E-state index in [-0.39, 0.29) is 30.3 Å². The van der Waals surface area contributed by atoms with Crippen LogP contribution in [0.15, 0.2) is 29.6 Å². The highest BCUT2D eigenvalue weighted by atomic mass is 32.1. The van der Waals surface area contributed by atoms with E-state index in [4.69, 9.17) is 4.74 Å². The van der Waals surface area contributed by atoms with Gasteiger partial charge in [-0.3, -0.25) is 9.59 Å². The fourth-order valence-electron chi connectivity index (χ4n) is 5.27. The molecule has 1 fully saturated rings. The lowest BCUT2D eigenvalue weighted by atomic mass is 9.98. The molecule has 0 saturated heterocycles. The molecule has 6 heteroatoms. The van der Waals surface area contributed by atoms with Gasteiger partial charge in [0.15, 0.2) is 0 Å². The van der Waals surface area contributed by atoms with Gasteiger partial charge < -0.3 is 14.5 Å². The highest BCUT2D eigenvalue weighted by Crippen LogP contribution is 2.35. The Labute approximate surface area is 208 Å². The Morgan fingerprint density at radius 1 is 1.15 bits per heavy atom. The van der Waals surface area contributed by atoms with Crippen LogP contribution in [-0.2, 0) is 16.0 Å². The van der Waals surface area contributed by atoms with Crippen LogP contribution >= 0.6 is 11.3 Å². The zero-order chi connectivity index (χ0) is 24.5. The fourth-order valence-corrected chi connectivity index (χ4v) is 6.20. The minimum Gasteiger partial charge on any atom is -0.491 e. The van der Waals surface area contributed by atoms with E-state index in [1.807, 2.05) is 36.6 Å². The molecule has 0 spiro atoms. The largest absolute Gasteiger partial charge is 0.491 e. The molecule has 0 N–H and O–H groups in total. The van der Waals surface area contributed by atoms with Crippen molar-refractivity contribution < 1.29 is 14.3 Å². The van der Waals surface area contributed by atoms with Gasteiger partial charge in [-0.1, -0.05) is 30.5 Å². The van der Waals surface area contributed by atoms with E-state index in [0.29, 0.717) is 13.2 Å². The van der Waals surface area contributed by atoms with Crippen molar-refractivity contribution in [3.63, 3.8) is 0 Å². The van der Waals surface area contributed by atoms with Crippen molar-refractivity contribution in [1.82, 2.24) is 9.80 Å². The van der Waals surface area contributed by atoms with Crippen LogP contribution in [0, 0.1) is 19.8 Å². The number of carbonyl (C=O) groups excluding carboxylic acids is 2. The fraction of sp³-hybridized carbons (Fsp3) is 0.571. The molecular weight excluding hydrogens is 444 g/mol. The summed E-state index contributed by atoms with van der Waals surface area (Å²) < 4.78 is 6.27. The summed E-state index contributed by atoms with van der Waals surface area (Å²) in [5.41, 5.74) is 3.08. The molecule has 184 valence electrons. The second-order valence-corrected chi connectivity index (χ2v) is 11.8. The molecule has 1 aromatic carbocycles. The first-order valence-corrected chi connectivity index (χ1v) is 13.4. The normalized spacial score (nSPS) is 18.6. The zero-order valence-corrected chi connectivity index (χ0v) is 22.0. The second-order valence-electron chi connectivity index (χ2n) is 10.8. The van der Waals surface area contributed by atoms with E-state index in [1.54, 1.807) is 11.3 Å². The van der Waals surface area contributed by atoms with E-state index in [1.165, 1.54) is 16.0 Å². The molecule has 0 unspecified atom stereocenters. The third-order valence-corrected chi connectivity index (χ3v) is 8.21. The van der Waals surface area contributed by atoms with Gasteiger partial charge in [-0.25, -0.2) is 0 Å². The van der Waals surface area contributed by atoms with E-state index in [2.05, 4.69) is 37.4 Å². The number of benzene rings is 1. The van der Waals surface area contributed by atoms with Gasteiger partial charge in [0.1, 0.15) is 18.9 Å². The van der Waals surface area contributed by atoms with E-state index in [0.717, 1.165) is 43.4 Å². The number of rotatable bonds is 6. The summed E-state index contributed by atoms with van der Waals surface area (Å²) in [4.78, 5) is 32.2. The number of aryl methyl sites for hydroxylation is 2. The van der Waals surface area contributed by atoms with Crippen molar-refractivity contribution in [3.8, 4) is 5.75 Å². The number of fused-ring (bicyclic) bond motifs is 1. The van der Waals surface area contributed by atoms with Crippen LogP contribution in [0.3, 0.4) is 0 Å². The van der Waals surface area contributed by atoms with Crippen molar-refractivity contribution in [2.24, 2.45) is 5.92 Å². The molecular formula is C28H38N2O3S. The average Bonchev–Trinajstić information content (AvgIpc) is 3.47. The summed E-state index contributed by atoms with van der Waals surface area (Å²) in [5.74, 6) is 1.05. The standard InChI is InChI=1S/C28H38N2O3S/c1-19-10-11-24(20(2)16-19)33-18-23-22-13-15-34-25(22)12-14-29(23)26(31)17-30(28(3,4)5)27(32)21-8-6-7-9-21/h10-11,13,15-16,21,23H,6-9,12,14,17-18H2,1-5H3/t23-/m1/s1. The number of nitrogens with zero attached hydrogens (tertiary/aromatic N) is 2. The molecule has 0 radical (unpaired) electrons. The van der Waals surface area contributed by atoms with E-state index >= 15 is 0 Å². The zero-order valence-electron chi connectivity index (χ0n) is 21.2. The third-order valence-electron chi connectivity index (χ3n) is 7.22. The SMILES string of the molecule is Cc1ccc(OC[C@@H]2c3ccsc3CCN2C(=O)CN(C(=O)C2CCCC2)C(C)(C)C)c(C)c1. The first kappa shape index (κ1) is 24.8. The lowest BCUT2D eigenvalue weighted by Gasteiger charge is -2.41. The van der Waals surface area contributed by atoms with Gasteiger partial charge in [0.25, 0.3) is 0 Å². The predicted molar refractivity (Wildman–Crippen MR) is 137 cm³/mol. The molecule has 1 aliphatic carbocycles. The molecule has 1 aromatic heterocycles. The second kappa shape index (κ2) is 10.1. The quantitative estimate of drug-likeness (QED) is 0.532. The van der Waals surface area contributed by atoms with Crippen molar-refractivity contribution in [2.45, 2.75) is 78.3 Å². The Bertz CT molecular complexity index is 1030. The van der Waals surface area contributed by atoms with Gasteiger partial charge in [-0.2, -0.15) is 0 Å². The maximum Gasteiger partial charge on any atom is 0.242 e. The van der Waals surface area contributed by atoms with Crippen LogP contribution in [0.4, 0.5) is 0 Å². The minimum atomic E-state index is -0.399. The van der Waals surface area contributed by atoms with Crippen LogP contribution in [0.1, 0.15) is 74.1 Å². The Morgan fingerprint density at radius 3 is 2.56 bits per heavy atom. The van der Waals surface area contributed by atoms with Crippen LogP contribution < -0.4 is 4.74 Å². The van der Waals surface area contributed by atoms with Crippen molar-refractivity contribution in [3.05, 3.63) is 51.2 Å². The number of thiophene rings is 1. The summed E-state index contributed by atoms with van der Waals surface area (Å²) in [6.07, 6.45) is 4.94. The molecule has 2 amide bonds. The Kier molecular flexibility index (Phi) is 7.36. The molecule has 1 aliphatic heterocycles. The number of carbonyl (C=O) groups is 2. The maximum atomic E-state index is 13.7. The topological polar surface area (TPSA) is 49.9 Å². The Morgan fingerprint density at radius 2 is 1.88 bits per heavy atom. The van der Waals surface area contributed by atoms with Crippen LogP contribution in [-0.4, -0.2) is 46.8 Å². The molecule has 2 aliphatic rings. The molecule has 34 heavy (non-hydrogen) atoms. The number of hydrogen-bond donors (Lipinski definition) is 0. The maximum absolute atomic E-state index is 13.7. The van der Waals surface area contributed by atoms with Crippen molar-refractivity contribution in [2.75, 3.05) is 19.7 Å². The van der Waals surface area contributed by atoms with Gasteiger partial charge in [0.2, 0.25) is 11.8 Å². The predicted octanol–water partition coefficient (Wildman–Crippen LogP) is 5.69. The monoisotopic (exact) mass is 482 g/mol. The first-order valence-electron chi connectivity index (χ1n) is 12.5. The van der Waals surface area contributed by atoms with E-state index < -0.39 is 5.54 Å². The van der Waals surface area contributed by atoms with Crippen molar-refractivity contribution >= 4 is 23.2 Å². The van der Waals surface area contributed by atoms with Gasteiger partial charge in [0, 0.05) is 22.9 Å². The minimum absolute atomic E-state index is 0.00681. The summed E-state index contributed by atoms with van der Waals surface area (Å²) in [6.45, 7) is 11.4. The highest BCUT2D eigenvalue weighted by Gasteiger charge is 2.38. The molecule has 2 aromatic rings. The molecule has 2 heterocycles.